The van der Waals surface area contributed by atoms with Crippen LogP contribution < -0.4 is 0 Å². The van der Waals surface area contributed by atoms with Crippen LogP contribution in [-0.4, -0.2) is 39.2 Å². The van der Waals surface area contributed by atoms with E-state index in [2.05, 4.69) is 15.3 Å². The highest BCUT2D eigenvalue weighted by molar-refractivity contribution is 5.92. The number of piperidine rings is 1. The van der Waals surface area contributed by atoms with E-state index < -0.39 is 5.41 Å². The third-order valence-electron chi connectivity index (χ3n) is 4.89. The van der Waals surface area contributed by atoms with Crippen molar-refractivity contribution in [3.8, 4) is 11.5 Å². The average Bonchev–Trinajstić information content (AvgIpc) is 3.31. The van der Waals surface area contributed by atoms with Crippen LogP contribution in [0, 0.1) is 12.7 Å². The zero-order chi connectivity index (χ0) is 19.0. The molecule has 140 valence electrons. The summed E-state index contributed by atoms with van der Waals surface area (Å²) in [6, 6.07) is 7.52. The van der Waals surface area contributed by atoms with Crippen molar-refractivity contribution >= 4 is 5.91 Å². The number of hydrogen-bond donors (Lipinski definition) is 0. The van der Waals surface area contributed by atoms with Gasteiger partial charge in [0.2, 0.25) is 0 Å². The molecule has 27 heavy (non-hydrogen) atoms. The van der Waals surface area contributed by atoms with E-state index in [1.54, 1.807) is 30.0 Å². The Labute approximate surface area is 155 Å². The predicted octanol–water partition coefficient (Wildman–Crippen LogP) is 3.37. The molecule has 0 aliphatic carbocycles. The van der Waals surface area contributed by atoms with Crippen LogP contribution in [0.4, 0.5) is 4.39 Å². The van der Waals surface area contributed by atoms with Gasteiger partial charge in [-0.05, 0) is 44.0 Å². The zero-order valence-electron chi connectivity index (χ0n) is 15.1. The molecular weight excluding hydrogens is 351 g/mol. The SMILES string of the molecule is Cc1cc(C(=O)N2CCCC(C)(c3noc(-c4ccc(F)cc4)n3)C2)no1. The molecule has 1 unspecified atom stereocenters. The van der Waals surface area contributed by atoms with E-state index in [0.29, 0.717) is 41.8 Å². The quantitative estimate of drug-likeness (QED) is 0.703. The first-order valence-electron chi connectivity index (χ1n) is 8.77. The molecule has 4 rings (SSSR count). The monoisotopic (exact) mass is 370 g/mol. The Morgan fingerprint density at radius 1 is 1.22 bits per heavy atom. The van der Waals surface area contributed by atoms with Gasteiger partial charge in [0.1, 0.15) is 11.6 Å². The normalized spacial score (nSPS) is 20.0. The molecule has 1 amide bonds. The number of benzene rings is 1. The molecule has 0 saturated carbocycles. The summed E-state index contributed by atoms with van der Waals surface area (Å²) in [4.78, 5) is 18.9. The second kappa shape index (κ2) is 6.61. The van der Waals surface area contributed by atoms with Crippen LogP contribution in [-0.2, 0) is 5.41 Å². The van der Waals surface area contributed by atoms with Crippen molar-refractivity contribution in [2.75, 3.05) is 13.1 Å². The number of rotatable bonds is 3. The number of halogens is 1. The molecule has 1 atom stereocenters. The number of carbonyl (C=O) groups is 1. The zero-order valence-corrected chi connectivity index (χ0v) is 15.1. The molecular formula is C19H19FN4O3. The van der Waals surface area contributed by atoms with E-state index in [0.717, 1.165) is 12.8 Å². The molecule has 0 bridgehead atoms. The number of aryl methyl sites for hydroxylation is 1. The minimum absolute atomic E-state index is 0.167. The van der Waals surface area contributed by atoms with Crippen molar-refractivity contribution in [2.24, 2.45) is 0 Å². The van der Waals surface area contributed by atoms with E-state index in [-0.39, 0.29) is 11.7 Å². The van der Waals surface area contributed by atoms with Gasteiger partial charge in [-0.1, -0.05) is 17.2 Å². The lowest BCUT2D eigenvalue weighted by molar-refractivity contribution is 0.0631. The Kier molecular flexibility index (Phi) is 4.25. The Balaban J connectivity index is 1.56. The predicted molar refractivity (Wildman–Crippen MR) is 93.4 cm³/mol. The minimum atomic E-state index is -0.436. The molecule has 1 aliphatic rings. The first-order valence-corrected chi connectivity index (χ1v) is 8.77. The fourth-order valence-electron chi connectivity index (χ4n) is 3.40. The number of amides is 1. The van der Waals surface area contributed by atoms with Crippen LogP contribution in [0.5, 0.6) is 0 Å². The summed E-state index contributed by atoms with van der Waals surface area (Å²) in [7, 11) is 0. The Bertz CT molecular complexity index is 966. The molecule has 1 aliphatic heterocycles. The van der Waals surface area contributed by atoms with Crippen molar-refractivity contribution in [3.05, 3.63) is 53.4 Å². The van der Waals surface area contributed by atoms with Gasteiger partial charge < -0.3 is 13.9 Å². The van der Waals surface area contributed by atoms with Gasteiger partial charge in [0, 0.05) is 30.1 Å². The first-order chi connectivity index (χ1) is 12.9. The van der Waals surface area contributed by atoms with Crippen molar-refractivity contribution < 1.29 is 18.2 Å². The summed E-state index contributed by atoms with van der Waals surface area (Å²) in [6.45, 7) is 4.86. The van der Waals surface area contributed by atoms with Crippen molar-refractivity contribution in [1.82, 2.24) is 20.2 Å². The molecule has 2 aromatic heterocycles. The summed E-state index contributed by atoms with van der Waals surface area (Å²) in [5.74, 6) is 0.979. The number of aromatic nitrogens is 3. The van der Waals surface area contributed by atoms with E-state index >= 15 is 0 Å². The fourth-order valence-corrected chi connectivity index (χ4v) is 3.40. The molecule has 3 aromatic rings. The molecule has 1 fully saturated rings. The summed E-state index contributed by atoms with van der Waals surface area (Å²) < 4.78 is 23.5. The molecule has 7 nitrogen and oxygen atoms in total. The van der Waals surface area contributed by atoms with Crippen molar-refractivity contribution in [2.45, 2.75) is 32.1 Å². The molecule has 8 heteroatoms. The number of hydrogen-bond acceptors (Lipinski definition) is 6. The minimum Gasteiger partial charge on any atom is -0.361 e. The van der Waals surface area contributed by atoms with Gasteiger partial charge in [-0.15, -0.1) is 0 Å². The van der Waals surface area contributed by atoms with Gasteiger partial charge >= 0.3 is 0 Å². The van der Waals surface area contributed by atoms with Gasteiger partial charge in [0.05, 0.1) is 0 Å². The van der Waals surface area contributed by atoms with Gasteiger partial charge in [-0.3, -0.25) is 4.79 Å². The van der Waals surface area contributed by atoms with Gasteiger partial charge in [0.25, 0.3) is 11.8 Å². The highest BCUT2D eigenvalue weighted by Crippen LogP contribution is 2.33. The van der Waals surface area contributed by atoms with Crippen LogP contribution in [0.2, 0.25) is 0 Å². The fraction of sp³-hybridized carbons (Fsp3) is 0.368. The third-order valence-corrected chi connectivity index (χ3v) is 4.89. The topological polar surface area (TPSA) is 85.3 Å². The number of nitrogens with zero attached hydrogens (tertiary/aromatic N) is 4. The maximum Gasteiger partial charge on any atom is 0.276 e. The summed E-state index contributed by atoms with van der Waals surface area (Å²) in [5, 5.41) is 7.94. The summed E-state index contributed by atoms with van der Waals surface area (Å²) in [6.07, 6.45) is 1.65. The van der Waals surface area contributed by atoms with Crippen LogP contribution in [0.25, 0.3) is 11.5 Å². The Hall–Kier alpha value is -3.03. The molecule has 0 N–H and O–H groups in total. The maximum absolute atomic E-state index is 13.1. The second-order valence-electron chi connectivity index (χ2n) is 7.14. The van der Waals surface area contributed by atoms with Crippen LogP contribution in [0.3, 0.4) is 0 Å². The molecule has 3 heterocycles. The summed E-state index contributed by atoms with van der Waals surface area (Å²) in [5.41, 5.74) is 0.520. The summed E-state index contributed by atoms with van der Waals surface area (Å²) >= 11 is 0. The molecule has 1 aromatic carbocycles. The van der Waals surface area contributed by atoms with Gasteiger partial charge in [0.15, 0.2) is 11.5 Å². The lowest BCUT2D eigenvalue weighted by Gasteiger charge is -2.38. The Morgan fingerprint density at radius 2 is 2.00 bits per heavy atom. The van der Waals surface area contributed by atoms with E-state index in [9.17, 15) is 9.18 Å². The number of likely N-dealkylation sites (tertiary alicyclic amines) is 1. The number of carbonyl (C=O) groups excluding carboxylic acids is 1. The molecule has 1 saturated heterocycles. The van der Waals surface area contributed by atoms with E-state index in [4.69, 9.17) is 9.05 Å². The van der Waals surface area contributed by atoms with Gasteiger partial charge in [-0.25, -0.2) is 4.39 Å². The van der Waals surface area contributed by atoms with Crippen LogP contribution >= 0.6 is 0 Å². The van der Waals surface area contributed by atoms with Crippen LogP contribution in [0.15, 0.2) is 39.4 Å². The van der Waals surface area contributed by atoms with E-state index in [1.807, 2.05) is 6.92 Å². The highest BCUT2D eigenvalue weighted by atomic mass is 19.1. The highest BCUT2D eigenvalue weighted by Gasteiger charge is 2.39. The average molecular weight is 370 g/mol. The lowest BCUT2D eigenvalue weighted by atomic mass is 9.81. The smallest absolute Gasteiger partial charge is 0.276 e. The largest absolute Gasteiger partial charge is 0.361 e. The maximum atomic E-state index is 13.1. The second-order valence-corrected chi connectivity index (χ2v) is 7.14. The Morgan fingerprint density at radius 3 is 2.70 bits per heavy atom. The van der Waals surface area contributed by atoms with E-state index in [1.165, 1.54) is 12.1 Å². The molecule has 0 spiro atoms. The van der Waals surface area contributed by atoms with Crippen molar-refractivity contribution in [1.29, 1.82) is 0 Å². The third kappa shape index (κ3) is 3.34. The van der Waals surface area contributed by atoms with Crippen molar-refractivity contribution in [3.63, 3.8) is 0 Å². The van der Waals surface area contributed by atoms with Crippen LogP contribution in [0.1, 0.15) is 41.8 Å². The molecule has 0 radical (unpaired) electrons. The standard InChI is InChI=1S/C19H19FN4O3/c1-12-10-15(22-26-12)17(25)24-9-3-8-19(2,11-24)18-21-16(27-23-18)13-4-6-14(20)7-5-13/h4-7,10H,3,8-9,11H2,1-2H3. The lowest BCUT2D eigenvalue weighted by Crippen LogP contribution is -2.47. The van der Waals surface area contributed by atoms with Gasteiger partial charge in [-0.2, -0.15) is 4.98 Å². The first kappa shape index (κ1) is 17.4.